The predicted molar refractivity (Wildman–Crippen MR) is 102 cm³/mol. The van der Waals surface area contributed by atoms with E-state index in [2.05, 4.69) is 0 Å². The molecule has 3 aromatic rings. The Morgan fingerprint density at radius 3 is 2.78 bits per heavy atom. The van der Waals surface area contributed by atoms with Crippen molar-refractivity contribution in [3.8, 4) is 0 Å². The standard InChI is InChI=1S/C22H21FN2O2/c23-17-8-5-7-16(14-17)21(25-13-4-3-10-20(25)22(26)27)19-12-11-15-6-1-2-9-18(15)24-19/h1-2,5-9,11-12,14,20-21H,3-4,10,13H2,(H,26,27). The SMILES string of the molecule is O=C(O)C1CCCCN1C(c1cccc(F)c1)c1ccc2ccccc2n1. The lowest BCUT2D eigenvalue weighted by Crippen LogP contribution is -2.47. The van der Waals surface area contributed by atoms with Gasteiger partial charge >= 0.3 is 5.97 Å². The third-order valence-electron chi connectivity index (χ3n) is 5.23. The predicted octanol–water partition coefficient (Wildman–Crippen LogP) is 4.40. The summed E-state index contributed by atoms with van der Waals surface area (Å²) < 4.78 is 14.0. The van der Waals surface area contributed by atoms with E-state index in [4.69, 9.17) is 4.98 Å². The van der Waals surface area contributed by atoms with Gasteiger partial charge in [0.25, 0.3) is 0 Å². The Morgan fingerprint density at radius 2 is 1.96 bits per heavy atom. The van der Waals surface area contributed by atoms with Crippen LogP contribution in [0.2, 0.25) is 0 Å². The van der Waals surface area contributed by atoms with Gasteiger partial charge in [-0.15, -0.1) is 0 Å². The number of benzene rings is 2. The largest absolute Gasteiger partial charge is 0.480 e. The molecule has 0 radical (unpaired) electrons. The first-order valence-electron chi connectivity index (χ1n) is 9.23. The minimum Gasteiger partial charge on any atom is -0.480 e. The van der Waals surface area contributed by atoms with Crippen molar-refractivity contribution < 1.29 is 14.3 Å². The minimum absolute atomic E-state index is 0.331. The van der Waals surface area contributed by atoms with Gasteiger partial charge in [-0.25, -0.2) is 4.39 Å². The number of hydrogen-bond donors (Lipinski definition) is 1. The molecular weight excluding hydrogens is 343 g/mol. The van der Waals surface area contributed by atoms with Crippen LogP contribution in [0.1, 0.15) is 36.6 Å². The normalized spacial score (nSPS) is 19.1. The van der Waals surface area contributed by atoms with Crippen LogP contribution in [0.15, 0.2) is 60.7 Å². The second kappa shape index (κ2) is 7.45. The maximum atomic E-state index is 14.0. The number of pyridine rings is 1. The highest BCUT2D eigenvalue weighted by molar-refractivity contribution is 5.78. The molecule has 2 heterocycles. The molecule has 0 amide bonds. The van der Waals surface area contributed by atoms with E-state index < -0.39 is 18.1 Å². The average molecular weight is 364 g/mol. The van der Waals surface area contributed by atoms with E-state index in [1.54, 1.807) is 6.07 Å². The molecule has 4 rings (SSSR count). The molecule has 1 aliphatic rings. The van der Waals surface area contributed by atoms with Crippen LogP contribution in [0.3, 0.4) is 0 Å². The molecule has 1 fully saturated rings. The molecule has 2 atom stereocenters. The summed E-state index contributed by atoms with van der Waals surface area (Å²) in [7, 11) is 0. The number of nitrogens with zero attached hydrogens (tertiary/aromatic N) is 2. The molecular formula is C22H21FN2O2. The zero-order valence-electron chi connectivity index (χ0n) is 14.9. The van der Waals surface area contributed by atoms with Gasteiger partial charge in [-0.05, 0) is 49.2 Å². The van der Waals surface area contributed by atoms with E-state index in [0.29, 0.717) is 13.0 Å². The van der Waals surface area contributed by atoms with Crippen LogP contribution in [-0.2, 0) is 4.79 Å². The van der Waals surface area contributed by atoms with Gasteiger partial charge in [0.1, 0.15) is 11.9 Å². The molecule has 5 heteroatoms. The minimum atomic E-state index is -0.836. The molecule has 1 aliphatic heterocycles. The van der Waals surface area contributed by atoms with Crippen molar-refractivity contribution >= 4 is 16.9 Å². The Bertz CT molecular complexity index is 975. The van der Waals surface area contributed by atoms with Gasteiger partial charge in [0, 0.05) is 5.39 Å². The van der Waals surface area contributed by atoms with Crippen LogP contribution in [-0.4, -0.2) is 33.5 Å². The molecule has 0 spiro atoms. The fourth-order valence-electron chi connectivity index (χ4n) is 3.97. The van der Waals surface area contributed by atoms with Gasteiger partial charge in [-0.1, -0.05) is 42.8 Å². The van der Waals surface area contributed by atoms with Crippen molar-refractivity contribution in [3.05, 3.63) is 77.7 Å². The number of aliphatic carboxylic acids is 1. The van der Waals surface area contributed by atoms with Crippen LogP contribution in [0.4, 0.5) is 4.39 Å². The van der Waals surface area contributed by atoms with Crippen LogP contribution in [0.5, 0.6) is 0 Å². The lowest BCUT2D eigenvalue weighted by atomic mass is 9.93. The molecule has 4 nitrogen and oxygen atoms in total. The Labute approximate surface area is 157 Å². The Hall–Kier alpha value is -2.79. The van der Waals surface area contributed by atoms with Crippen LogP contribution >= 0.6 is 0 Å². The van der Waals surface area contributed by atoms with Crippen molar-refractivity contribution in [2.75, 3.05) is 6.54 Å². The van der Waals surface area contributed by atoms with E-state index in [-0.39, 0.29) is 5.82 Å². The summed E-state index contributed by atoms with van der Waals surface area (Å²) in [4.78, 5) is 18.6. The second-order valence-electron chi connectivity index (χ2n) is 6.97. The number of piperidine rings is 1. The first kappa shape index (κ1) is 17.6. The van der Waals surface area contributed by atoms with Crippen molar-refractivity contribution in [1.82, 2.24) is 9.88 Å². The first-order valence-corrected chi connectivity index (χ1v) is 9.23. The molecule has 2 aromatic carbocycles. The number of halogens is 1. The quantitative estimate of drug-likeness (QED) is 0.745. The molecule has 0 aliphatic carbocycles. The molecule has 138 valence electrons. The van der Waals surface area contributed by atoms with Crippen molar-refractivity contribution in [1.29, 1.82) is 0 Å². The maximum absolute atomic E-state index is 14.0. The fourth-order valence-corrected chi connectivity index (χ4v) is 3.97. The fraction of sp³-hybridized carbons (Fsp3) is 0.273. The van der Waals surface area contributed by atoms with E-state index in [1.807, 2.05) is 47.4 Å². The molecule has 1 N–H and O–H groups in total. The molecule has 2 unspecified atom stereocenters. The van der Waals surface area contributed by atoms with Gasteiger partial charge in [0.2, 0.25) is 0 Å². The average Bonchev–Trinajstić information content (AvgIpc) is 2.68. The zero-order chi connectivity index (χ0) is 18.8. The van der Waals surface area contributed by atoms with Gasteiger partial charge < -0.3 is 5.11 Å². The summed E-state index contributed by atoms with van der Waals surface area (Å²) in [6.45, 7) is 0.645. The monoisotopic (exact) mass is 364 g/mol. The lowest BCUT2D eigenvalue weighted by molar-refractivity contribution is -0.145. The highest BCUT2D eigenvalue weighted by Crippen LogP contribution is 2.34. The zero-order valence-corrected chi connectivity index (χ0v) is 14.9. The highest BCUT2D eigenvalue weighted by atomic mass is 19.1. The summed E-state index contributed by atoms with van der Waals surface area (Å²) >= 11 is 0. The van der Waals surface area contributed by atoms with Crippen LogP contribution in [0.25, 0.3) is 10.9 Å². The van der Waals surface area contributed by atoms with Crippen LogP contribution < -0.4 is 0 Å². The number of likely N-dealkylation sites (tertiary alicyclic amines) is 1. The second-order valence-corrected chi connectivity index (χ2v) is 6.97. The third kappa shape index (κ3) is 3.55. The van der Waals surface area contributed by atoms with Gasteiger partial charge in [-0.2, -0.15) is 0 Å². The molecule has 0 bridgehead atoms. The lowest BCUT2D eigenvalue weighted by Gasteiger charge is -2.39. The van der Waals surface area contributed by atoms with E-state index in [0.717, 1.165) is 35.0 Å². The number of para-hydroxylation sites is 1. The Kier molecular flexibility index (Phi) is 4.86. The summed E-state index contributed by atoms with van der Waals surface area (Å²) in [5.74, 6) is -1.17. The number of carboxylic acid groups (broad SMARTS) is 1. The Balaban J connectivity index is 1.85. The van der Waals surface area contributed by atoms with E-state index in [9.17, 15) is 14.3 Å². The molecule has 1 aromatic heterocycles. The number of rotatable bonds is 4. The maximum Gasteiger partial charge on any atom is 0.320 e. The van der Waals surface area contributed by atoms with E-state index >= 15 is 0 Å². The number of fused-ring (bicyclic) bond motifs is 1. The summed E-state index contributed by atoms with van der Waals surface area (Å²) in [5.41, 5.74) is 2.32. The molecule has 1 saturated heterocycles. The third-order valence-corrected chi connectivity index (χ3v) is 5.23. The van der Waals surface area contributed by atoms with Crippen molar-refractivity contribution in [3.63, 3.8) is 0 Å². The summed E-state index contributed by atoms with van der Waals surface area (Å²) in [5, 5.41) is 10.8. The van der Waals surface area contributed by atoms with Gasteiger partial charge in [0.15, 0.2) is 0 Å². The highest BCUT2D eigenvalue weighted by Gasteiger charge is 2.35. The first-order chi connectivity index (χ1) is 13.1. The Morgan fingerprint density at radius 1 is 1.11 bits per heavy atom. The molecule has 27 heavy (non-hydrogen) atoms. The van der Waals surface area contributed by atoms with E-state index in [1.165, 1.54) is 12.1 Å². The summed E-state index contributed by atoms with van der Waals surface area (Å²) in [6.07, 6.45) is 2.40. The van der Waals surface area contributed by atoms with Crippen molar-refractivity contribution in [2.45, 2.75) is 31.3 Å². The van der Waals surface area contributed by atoms with Gasteiger partial charge in [-0.3, -0.25) is 14.7 Å². The number of carboxylic acids is 1. The van der Waals surface area contributed by atoms with Crippen molar-refractivity contribution in [2.24, 2.45) is 0 Å². The number of aromatic nitrogens is 1. The number of hydrogen-bond acceptors (Lipinski definition) is 3. The van der Waals surface area contributed by atoms with Crippen LogP contribution in [0, 0.1) is 5.82 Å². The molecule has 0 saturated carbocycles. The smallest absolute Gasteiger partial charge is 0.320 e. The number of carbonyl (C=O) groups is 1. The van der Waals surface area contributed by atoms with Gasteiger partial charge in [0.05, 0.1) is 17.3 Å². The topological polar surface area (TPSA) is 53.4 Å². The summed E-state index contributed by atoms with van der Waals surface area (Å²) in [6, 6.07) is 17.1.